The predicted molar refractivity (Wildman–Crippen MR) is 79.1 cm³/mol. The zero-order valence-corrected chi connectivity index (χ0v) is 11.9. The smallest absolute Gasteiger partial charge is 0.411 e. The molecule has 0 radical (unpaired) electrons. The van der Waals surface area contributed by atoms with E-state index in [1.165, 1.54) is 0 Å². The number of hydrogen-bond donors (Lipinski definition) is 2. The number of para-hydroxylation sites is 1. The Morgan fingerprint density at radius 1 is 1.24 bits per heavy atom. The summed E-state index contributed by atoms with van der Waals surface area (Å²) in [6, 6.07) is 10.1. The third kappa shape index (κ3) is 3.46. The molecule has 0 unspecified atom stereocenters. The number of rotatable bonds is 2. The minimum absolute atomic E-state index is 0.316. The molecular weight excluding hydrogens is 270 g/mol. The summed E-state index contributed by atoms with van der Waals surface area (Å²) < 4.78 is 5.50. The quantitative estimate of drug-likeness (QED) is 0.836. The average molecular weight is 291 g/mol. The lowest BCUT2D eigenvalue weighted by Gasteiger charge is -2.35. The van der Waals surface area contributed by atoms with Crippen LogP contribution in [0.4, 0.5) is 10.5 Å². The van der Waals surface area contributed by atoms with Crippen LogP contribution >= 0.6 is 0 Å². The van der Waals surface area contributed by atoms with Gasteiger partial charge in [0.25, 0.3) is 0 Å². The fraction of sp³-hybridized carbons (Fsp3) is 0.533. The number of aliphatic hydroxyl groups is 1. The Bertz CT molecular complexity index is 482. The summed E-state index contributed by atoms with van der Waals surface area (Å²) >= 11 is 0. The van der Waals surface area contributed by atoms with Crippen molar-refractivity contribution in [3.05, 3.63) is 30.3 Å². The van der Waals surface area contributed by atoms with E-state index in [1.54, 1.807) is 4.90 Å². The summed E-state index contributed by atoms with van der Waals surface area (Å²) in [6.07, 6.45) is -0.454. The molecule has 0 bridgehead atoms. The van der Waals surface area contributed by atoms with Gasteiger partial charge in [0.1, 0.15) is 0 Å². The highest BCUT2D eigenvalue weighted by molar-refractivity contribution is 5.68. The van der Waals surface area contributed by atoms with Crippen molar-refractivity contribution in [2.45, 2.75) is 18.8 Å². The fourth-order valence-corrected chi connectivity index (χ4v) is 2.77. The second-order valence-corrected chi connectivity index (χ2v) is 5.50. The van der Waals surface area contributed by atoms with Crippen molar-refractivity contribution in [1.29, 1.82) is 0 Å². The van der Waals surface area contributed by atoms with Gasteiger partial charge in [-0.15, -0.1) is 0 Å². The molecule has 2 fully saturated rings. The molecule has 2 aliphatic heterocycles. The molecule has 2 atom stereocenters. The van der Waals surface area contributed by atoms with Crippen LogP contribution in [0, 0.1) is 0 Å². The van der Waals surface area contributed by atoms with Crippen LogP contribution in [-0.2, 0) is 4.74 Å². The number of anilines is 1. The minimum atomic E-state index is -0.419. The number of benzene rings is 1. The first-order valence-electron chi connectivity index (χ1n) is 7.39. The third-order valence-electron chi connectivity index (χ3n) is 3.93. The monoisotopic (exact) mass is 291 g/mol. The van der Waals surface area contributed by atoms with Crippen LogP contribution in [0.5, 0.6) is 0 Å². The molecule has 21 heavy (non-hydrogen) atoms. The van der Waals surface area contributed by atoms with E-state index in [4.69, 9.17) is 4.74 Å². The first-order valence-corrected chi connectivity index (χ1v) is 7.39. The molecule has 0 spiro atoms. The lowest BCUT2D eigenvalue weighted by Crippen LogP contribution is -2.53. The highest BCUT2D eigenvalue weighted by Crippen LogP contribution is 2.16. The standard InChI is InChI=1S/C15H21N3O3/c19-13-6-8-18(10-13)15(20)21-14-11-17(9-7-16-14)12-4-2-1-3-5-12/h1-5,13-14,16,19H,6-11H2/t13-,14+/m1/s1. The van der Waals surface area contributed by atoms with Gasteiger partial charge in [0.05, 0.1) is 12.6 Å². The van der Waals surface area contributed by atoms with E-state index in [0.717, 1.165) is 18.8 Å². The van der Waals surface area contributed by atoms with Gasteiger partial charge < -0.3 is 19.6 Å². The van der Waals surface area contributed by atoms with E-state index >= 15 is 0 Å². The first-order chi connectivity index (χ1) is 10.2. The van der Waals surface area contributed by atoms with E-state index in [1.807, 2.05) is 18.2 Å². The van der Waals surface area contributed by atoms with Gasteiger partial charge in [-0.1, -0.05) is 18.2 Å². The maximum absolute atomic E-state index is 12.0. The summed E-state index contributed by atoms with van der Waals surface area (Å²) in [7, 11) is 0. The molecule has 1 aromatic carbocycles. The molecule has 2 aliphatic rings. The molecule has 0 aliphatic carbocycles. The van der Waals surface area contributed by atoms with Crippen LogP contribution in [0.3, 0.4) is 0 Å². The third-order valence-corrected chi connectivity index (χ3v) is 3.93. The highest BCUT2D eigenvalue weighted by atomic mass is 16.6. The Kier molecular flexibility index (Phi) is 4.26. The van der Waals surface area contributed by atoms with Crippen LogP contribution in [0.25, 0.3) is 0 Å². The van der Waals surface area contributed by atoms with Crippen molar-refractivity contribution in [2.75, 3.05) is 37.6 Å². The van der Waals surface area contributed by atoms with Crippen molar-refractivity contribution in [3.8, 4) is 0 Å². The minimum Gasteiger partial charge on any atom is -0.428 e. The second kappa shape index (κ2) is 6.32. The normalized spacial score (nSPS) is 26.0. The number of hydrogen-bond acceptors (Lipinski definition) is 5. The number of nitrogens with zero attached hydrogens (tertiary/aromatic N) is 2. The number of aliphatic hydroxyl groups excluding tert-OH is 1. The van der Waals surface area contributed by atoms with Crippen LogP contribution < -0.4 is 10.2 Å². The Hall–Kier alpha value is -1.79. The van der Waals surface area contributed by atoms with Crippen LogP contribution in [0.1, 0.15) is 6.42 Å². The summed E-state index contributed by atoms with van der Waals surface area (Å²) in [4.78, 5) is 15.8. The Morgan fingerprint density at radius 3 is 2.76 bits per heavy atom. The number of amides is 1. The molecule has 2 heterocycles. The Morgan fingerprint density at radius 2 is 2.05 bits per heavy atom. The van der Waals surface area contributed by atoms with Gasteiger partial charge >= 0.3 is 6.09 Å². The number of ether oxygens (including phenoxy) is 1. The molecule has 114 valence electrons. The largest absolute Gasteiger partial charge is 0.428 e. The Labute approximate surface area is 124 Å². The maximum Gasteiger partial charge on any atom is 0.411 e. The molecule has 6 nitrogen and oxygen atoms in total. The van der Waals surface area contributed by atoms with Crippen LogP contribution in [0.15, 0.2) is 30.3 Å². The second-order valence-electron chi connectivity index (χ2n) is 5.50. The number of likely N-dealkylation sites (tertiary alicyclic amines) is 1. The van der Waals surface area contributed by atoms with Crippen LogP contribution in [0.2, 0.25) is 0 Å². The zero-order valence-electron chi connectivity index (χ0n) is 11.9. The van der Waals surface area contributed by atoms with Crippen molar-refractivity contribution in [3.63, 3.8) is 0 Å². The van der Waals surface area contributed by atoms with Gasteiger partial charge in [0.2, 0.25) is 0 Å². The lowest BCUT2D eigenvalue weighted by molar-refractivity contribution is 0.0474. The van der Waals surface area contributed by atoms with Gasteiger partial charge in [0, 0.05) is 31.9 Å². The SMILES string of the molecule is O=C(O[C@H]1CN(c2ccccc2)CCN1)N1CC[C@@H](O)C1. The maximum atomic E-state index is 12.0. The summed E-state index contributed by atoms with van der Waals surface area (Å²) in [6.45, 7) is 3.23. The summed E-state index contributed by atoms with van der Waals surface area (Å²) in [5.74, 6) is 0. The van der Waals surface area contributed by atoms with Crippen LogP contribution in [-0.4, -0.2) is 61.2 Å². The average Bonchev–Trinajstić information content (AvgIpc) is 2.95. The topological polar surface area (TPSA) is 65.0 Å². The molecule has 1 aromatic rings. The van der Waals surface area contributed by atoms with Gasteiger partial charge in [-0.2, -0.15) is 0 Å². The molecular formula is C15H21N3O3. The van der Waals surface area contributed by atoms with Gasteiger partial charge in [-0.3, -0.25) is 5.32 Å². The van der Waals surface area contributed by atoms with E-state index in [2.05, 4.69) is 22.3 Å². The molecule has 2 saturated heterocycles. The lowest BCUT2D eigenvalue weighted by atomic mass is 10.2. The van der Waals surface area contributed by atoms with Crippen molar-refractivity contribution in [2.24, 2.45) is 0 Å². The predicted octanol–water partition coefficient (Wildman–Crippen LogP) is 0.625. The molecule has 6 heteroatoms. The van der Waals surface area contributed by atoms with Gasteiger partial charge in [-0.05, 0) is 18.6 Å². The molecule has 0 aromatic heterocycles. The number of piperazine rings is 1. The first kappa shape index (κ1) is 14.2. The molecule has 3 rings (SSSR count). The number of nitrogens with one attached hydrogen (secondary N) is 1. The van der Waals surface area contributed by atoms with Crippen molar-refractivity contribution < 1.29 is 14.6 Å². The number of β-amino-alcohol motifs (C(OH)–C–C–N with tert-alkyl or cyclic N) is 1. The van der Waals surface area contributed by atoms with Crippen molar-refractivity contribution >= 4 is 11.8 Å². The van der Waals surface area contributed by atoms with E-state index in [-0.39, 0.29) is 12.3 Å². The highest BCUT2D eigenvalue weighted by Gasteiger charge is 2.29. The van der Waals surface area contributed by atoms with E-state index in [0.29, 0.717) is 26.1 Å². The summed E-state index contributed by atoms with van der Waals surface area (Å²) in [5.41, 5.74) is 1.14. The molecule has 0 saturated carbocycles. The Balaban J connectivity index is 1.55. The van der Waals surface area contributed by atoms with Gasteiger partial charge in [-0.25, -0.2) is 4.79 Å². The zero-order chi connectivity index (χ0) is 14.7. The number of carbonyl (C=O) groups excluding carboxylic acids is 1. The van der Waals surface area contributed by atoms with E-state index < -0.39 is 6.10 Å². The van der Waals surface area contributed by atoms with Gasteiger partial charge in [0.15, 0.2) is 6.23 Å². The number of carbonyl (C=O) groups is 1. The fourth-order valence-electron chi connectivity index (χ4n) is 2.77. The van der Waals surface area contributed by atoms with E-state index in [9.17, 15) is 9.90 Å². The molecule has 1 amide bonds. The molecule has 2 N–H and O–H groups in total. The van der Waals surface area contributed by atoms with Crippen molar-refractivity contribution in [1.82, 2.24) is 10.2 Å². The summed E-state index contributed by atoms with van der Waals surface area (Å²) in [5, 5.41) is 12.7.